The van der Waals surface area contributed by atoms with Crippen molar-refractivity contribution in [3.63, 3.8) is 0 Å². The number of nitrogens with one attached hydrogen (secondary N) is 1. The molecule has 9 heteroatoms. The van der Waals surface area contributed by atoms with Gasteiger partial charge in [0.05, 0.1) is 17.9 Å². The second-order valence-corrected chi connectivity index (χ2v) is 5.03. The number of carbonyl (C=O) groups is 2. The fourth-order valence-corrected chi connectivity index (χ4v) is 2.38. The second kappa shape index (κ2) is 6.69. The number of hydrogen-bond acceptors (Lipinski definition) is 5. The quantitative estimate of drug-likeness (QED) is 0.753. The molecule has 1 aromatic carbocycles. The third-order valence-electron chi connectivity index (χ3n) is 3.63. The van der Waals surface area contributed by atoms with Gasteiger partial charge in [0.15, 0.2) is 6.23 Å². The number of anilines is 2. The number of nitrogens with zero attached hydrogens (tertiary/aromatic N) is 2. The fraction of sp³-hybridized carbons (Fsp3) is 0.429. The van der Waals surface area contributed by atoms with Crippen molar-refractivity contribution in [2.24, 2.45) is 0 Å². The van der Waals surface area contributed by atoms with Gasteiger partial charge in [0.1, 0.15) is 5.82 Å². The maximum absolute atomic E-state index is 14.2. The highest BCUT2D eigenvalue weighted by atomic mass is 19.1. The number of carboxylic acid groups (broad SMARTS) is 1. The van der Waals surface area contributed by atoms with Crippen LogP contribution in [0, 0.1) is 5.82 Å². The van der Waals surface area contributed by atoms with E-state index in [9.17, 15) is 14.0 Å². The van der Waals surface area contributed by atoms with E-state index in [4.69, 9.17) is 14.9 Å². The van der Waals surface area contributed by atoms with Gasteiger partial charge in [-0.05, 0) is 24.1 Å². The van der Waals surface area contributed by atoms with E-state index < -0.39 is 24.2 Å². The summed E-state index contributed by atoms with van der Waals surface area (Å²) in [5, 5.41) is 20.7. The first-order valence-corrected chi connectivity index (χ1v) is 6.94. The molecule has 3 N–H and O–H groups in total. The molecule has 1 saturated heterocycles. The van der Waals surface area contributed by atoms with Crippen LogP contribution >= 0.6 is 0 Å². The lowest BCUT2D eigenvalue weighted by molar-refractivity contribution is 0.0415. The molecular weight excluding hydrogens is 309 g/mol. The van der Waals surface area contributed by atoms with E-state index in [-0.39, 0.29) is 30.9 Å². The number of rotatable bonds is 5. The van der Waals surface area contributed by atoms with E-state index in [1.54, 1.807) is 13.1 Å². The summed E-state index contributed by atoms with van der Waals surface area (Å²) in [6.45, 7) is -0.217. The molecule has 23 heavy (non-hydrogen) atoms. The van der Waals surface area contributed by atoms with Crippen molar-refractivity contribution in [3.05, 3.63) is 23.5 Å². The van der Waals surface area contributed by atoms with Crippen LogP contribution < -0.4 is 10.2 Å². The average molecular weight is 327 g/mol. The Bertz CT molecular complexity index is 625. The van der Waals surface area contributed by atoms with Crippen molar-refractivity contribution in [3.8, 4) is 0 Å². The molecule has 126 valence electrons. The first-order chi connectivity index (χ1) is 10.9. The maximum atomic E-state index is 14.2. The summed E-state index contributed by atoms with van der Waals surface area (Å²) in [5.74, 6) is -0.573. The Morgan fingerprint density at radius 2 is 2.26 bits per heavy atom. The molecule has 1 aromatic rings. The Morgan fingerprint density at radius 1 is 1.57 bits per heavy atom. The first-order valence-electron chi connectivity index (χ1n) is 6.94. The molecule has 0 radical (unpaired) electrons. The fourth-order valence-electron chi connectivity index (χ4n) is 2.38. The number of likely N-dealkylation sites (N-methyl/N-ethyl adjacent to an activating group) is 1. The lowest BCUT2D eigenvalue weighted by Gasteiger charge is -2.19. The largest absolute Gasteiger partial charge is 0.465 e. The number of halogens is 1. The van der Waals surface area contributed by atoms with Gasteiger partial charge in [-0.2, -0.15) is 0 Å². The average Bonchev–Trinajstić information content (AvgIpc) is 2.88. The highest BCUT2D eigenvalue weighted by molar-refractivity contribution is 5.90. The Morgan fingerprint density at radius 3 is 2.83 bits per heavy atom. The number of aliphatic hydroxyl groups is 1. The molecule has 0 bridgehead atoms. The molecule has 1 heterocycles. The zero-order valence-electron chi connectivity index (χ0n) is 12.7. The highest BCUT2D eigenvalue weighted by Crippen LogP contribution is 2.30. The van der Waals surface area contributed by atoms with Gasteiger partial charge in [-0.15, -0.1) is 0 Å². The second-order valence-electron chi connectivity index (χ2n) is 5.03. The molecule has 8 nitrogen and oxygen atoms in total. The summed E-state index contributed by atoms with van der Waals surface area (Å²) in [6.07, 6.45) is -2.74. The topological polar surface area (TPSA) is 102 Å². The Labute approximate surface area is 132 Å². The number of aliphatic hydroxyl groups excluding tert-OH is 1. The van der Waals surface area contributed by atoms with Crippen LogP contribution in [0.2, 0.25) is 0 Å². The summed E-state index contributed by atoms with van der Waals surface area (Å²) in [6, 6.07) is 2.73. The van der Waals surface area contributed by atoms with Crippen LogP contribution in [0.25, 0.3) is 0 Å². The number of benzene rings is 1. The van der Waals surface area contributed by atoms with Crippen LogP contribution in [0.1, 0.15) is 5.56 Å². The Balaban J connectivity index is 2.31. The van der Waals surface area contributed by atoms with E-state index in [1.165, 1.54) is 7.05 Å². The molecule has 0 unspecified atom stereocenters. The van der Waals surface area contributed by atoms with Gasteiger partial charge < -0.3 is 20.3 Å². The van der Waals surface area contributed by atoms with E-state index >= 15 is 0 Å². The number of amides is 2. The molecule has 0 aliphatic carbocycles. The van der Waals surface area contributed by atoms with Gasteiger partial charge >= 0.3 is 12.2 Å². The highest BCUT2D eigenvalue weighted by Gasteiger charge is 2.37. The van der Waals surface area contributed by atoms with Crippen molar-refractivity contribution in [2.45, 2.75) is 12.6 Å². The molecule has 2 rings (SSSR count). The standard InChI is InChI=1S/C14H18FN3O5/c1-16-12-8(3-4-19)5-9(6-10(12)15)18-7-11(23-14(18)22)17(2)13(20)21/h5-6,11,16,19H,3-4,7H2,1-2H3,(H,20,21)/t11-/m0/s1. The van der Waals surface area contributed by atoms with E-state index in [0.29, 0.717) is 5.56 Å². The van der Waals surface area contributed by atoms with Crippen molar-refractivity contribution in [2.75, 3.05) is 37.5 Å². The van der Waals surface area contributed by atoms with Crippen molar-refractivity contribution < 1.29 is 28.9 Å². The van der Waals surface area contributed by atoms with Crippen LogP contribution in [-0.4, -0.2) is 60.8 Å². The summed E-state index contributed by atoms with van der Waals surface area (Å²) >= 11 is 0. The molecule has 2 amide bonds. The monoisotopic (exact) mass is 327 g/mol. The van der Waals surface area contributed by atoms with Crippen molar-refractivity contribution >= 4 is 23.6 Å². The van der Waals surface area contributed by atoms with Gasteiger partial charge in [0.25, 0.3) is 0 Å². The van der Waals surface area contributed by atoms with Gasteiger partial charge in [0, 0.05) is 20.7 Å². The lowest BCUT2D eigenvalue weighted by atomic mass is 10.1. The Hall–Kier alpha value is -2.55. The summed E-state index contributed by atoms with van der Waals surface area (Å²) < 4.78 is 19.2. The third-order valence-corrected chi connectivity index (χ3v) is 3.63. The van der Waals surface area contributed by atoms with Crippen LogP contribution in [0.5, 0.6) is 0 Å². The third kappa shape index (κ3) is 3.29. The normalized spacial score (nSPS) is 17.1. The molecule has 1 fully saturated rings. The molecule has 1 aliphatic heterocycles. The SMILES string of the molecule is CNc1c(F)cc(N2C[C@@H](N(C)C(=O)O)OC2=O)cc1CCO. The smallest absolute Gasteiger partial charge is 0.416 e. The molecule has 0 aromatic heterocycles. The van der Waals surface area contributed by atoms with Gasteiger partial charge in [-0.25, -0.2) is 14.0 Å². The van der Waals surface area contributed by atoms with E-state index in [1.807, 2.05) is 0 Å². The molecule has 1 aliphatic rings. The molecule has 0 spiro atoms. The van der Waals surface area contributed by atoms with E-state index in [0.717, 1.165) is 15.9 Å². The summed E-state index contributed by atoms with van der Waals surface area (Å²) in [5.41, 5.74) is 0.999. The van der Waals surface area contributed by atoms with Gasteiger partial charge in [-0.3, -0.25) is 9.80 Å². The van der Waals surface area contributed by atoms with Gasteiger partial charge in [-0.1, -0.05) is 0 Å². The van der Waals surface area contributed by atoms with Crippen LogP contribution in [0.4, 0.5) is 25.4 Å². The zero-order valence-corrected chi connectivity index (χ0v) is 12.7. The number of cyclic esters (lactones) is 1. The van der Waals surface area contributed by atoms with Crippen molar-refractivity contribution in [1.82, 2.24) is 4.90 Å². The minimum absolute atomic E-state index is 0.0431. The van der Waals surface area contributed by atoms with Crippen LogP contribution in [0.3, 0.4) is 0 Å². The minimum Gasteiger partial charge on any atom is -0.465 e. The summed E-state index contributed by atoms with van der Waals surface area (Å²) in [7, 11) is 2.84. The van der Waals surface area contributed by atoms with Gasteiger partial charge in [0.2, 0.25) is 0 Å². The minimum atomic E-state index is -1.23. The predicted molar refractivity (Wildman–Crippen MR) is 80.1 cm³/mol. The summed E-state index contributed by atoms with van der Waals surface area (Å²) in [4.78, 5) is 24.9. The zero-order chi connectivity index (χ0) is 17.1. The molecule has 0 saturated carbocycles. The van der Waals surface area contributed by atoms with Crippen LogP contribution in [-0.2, 0) is 11.2 Å². The Kier molecular flexibility index (Phi) is 4.89. The molecule has 1 atom stereocenters. The van der Waals surface area contributed by atoms with E-state index in [2.05, 4.69) is 5.32 Å². The van der Waals surface area contributed by atoms with Crippen molar-refractivity contribution in [1.29, 1.82) is 0 Å². The number of hydrogen-bond donors (Lipinski definition) is 3. The number of carbonyl (C=O) groups excluding carboxylic acids is 1. The molecular formula is C14H18FN3O5. The first kappa shape index (κ1) is 16.8. The van der Waals surface area contributed by atoms with Crippen LogP contribution in [0.15, 0.2) is 12.1 Å². The predicted octanol–water partition coefficient (Wildman–Crippen LogP) is 1.29. The number of ether oxygens (including phenoxy) is 1. The lowest BCUT2D eigenvalue weighted by Crippen LogP contribution is -2.38. The maximum Gasteiger partial charge on any atom is 0.416 e.